The zero-order valence-electron chi connectivity index (χ0n) is 18.7. The van der Waals surface area contributed by atoms with Crippen LogP contribution < -0.4 is 0 Å². The standard InChI is InChI=1S/C29H32O3/c1-2-18-29(23-31-21-25-11-5-3-6-12-25,24-32-22-26-13-7-4-8-14-26)19-10-17-27-15-9-16-28(27)20-30/h2-8,11-14,20H,1,9,15-16,18-19,21-24H2. The summed E-state index contributed by atoms with van der Waals surface area (Å²) in [5.74, 6) is 6.61. The van der Waals surface area contributed by atoms with E-state index >= 15 is 0 Å². The number of carbonyl (C=O) groups excluding carboxylic acids is 1. The molecule has 0 spiro atoms. The van der Waals surface area contributed by atoms with Crippen molar-refractivity contribution in [2.24, 2.45) is 5.41 Å². The SMILES string of the molecule is C=CCC(CC#CC1=C(C=O)CCC1)(COCc1ccccc1)COCc1ccccc1. The van der Waals surface area contributed by atoms with Crippen LogP contribution >= 0.6 is 0 Å². The van der Waals surface area contributed by atoms with Gasteiger partial charge in [0.25, 0.3) is 0 Å². The lowest BCUT2D eigenvalue weighted by molar-refractivity contribution is -0.105. The third-order valence-corrected chi connectivity index (χ3v) is 5.72. The van der Waals surface area contributed by atoms with Crippen LogP contribution in [0.4, 0.5) is 0 Å². The van der Waals surface area contributed by atoms with Crippen molar-refractivity contribution in [2.45, 2.75) is 45.3 Å². The van der Waals surface area contributed by atoms with Gasteiger partial charge in [-0.1, -0.05) is 78.6 Å². The molecular weight excluding hydrogens is 396 g/mol. The first-order chi connectivity index (χ1) is 15.7. The molecule has 3 nitrogen and oxygen atoms in total. The second kappa shape index (κ2) is 12.8. The minimum atomic E-state index is -0.293. The molecule has 0 aliphatic heterocycles. The van der Waals surface area contributed by atoms with Gasteiger partial charge in [0.05, 0.1) is 26.4 Å². The second-order valence-corrected chi connectivity index (χ2v) is 8.40. The van der Waals surface area contributed by atoms with Gasteiger partial charge in [0.15, 0.2) is 0 Å². The maximum absolute atomic E-state index is 11.3. The van der Waals surface area contributed by atoms with Crippen molar-refractivity contribution in [3.05, 3.63) is 95.6 Å². The first-order valence-corrected chi connectivity index (χ1v) is 11.2. The van der Waals surface area contributed by atoms with Crippen LogP contribution in [0.2, 0.25) is 0 Å². The number of allylic oxidation sites excluding steroid dienone is 3. The molecular formula is C29H32O3. The Bertz CT molecular complexity index is 903. The summed E-state index contributed by atoms with van der Waals surface area (Å²) in [5.41, 5.74) is 3.83. The van der Waals surface area contributed by atoms with Gasteiger partial charge in [-0.3, -0.25) is 4.79 Å². The van der Waals surface area contributed by atoms with E-state index in [1.54, 1.807) is 0 Å². The lowest BCUT2D eigenvalue weighted by Crippen LogP contribution is -2.32. The zero-order valence-corrected chi connectivity index (χ0v) is 18.7. The zero-order chi connectivity index (χ0) is 22.5. The van der Waals surface area contributed by atoms with Crippen LogP contribution in [0.5, 0.6) is 0 Å². The number of rotatable bonds is 12. The van der Waals surface area contributed by atoms with Crippen molar-refractivity contribution in [1.82, 2.24) is 0 Å². The minimum Gasteiger partial charge on any atom is -0.376 e. The van der Waals surface area contributed by atoms with Crippen molar-refractivity contribution in [3.63, 3.8) is 0 Å². The molecule has 0 fully saturated rings. The lowest BCUT2D eigenvalue weighted by Gasteiger charge is -2.31. The van der Waals surface area contributed by atoms with Crippen molar-refractivity contribution >= 4 is 6.29 Å². The highest BCUT2D eigenvalue weighted by Gasteiger charge is 2.29. The van der Waals surface area contributed by atoms with E-state index in [0.29, 0.717) is 32.8 Å². The van der Waals surface area contributed by atoms with Crippen LogP contribution in [0.3, 0.4) is 0 Å². The maximum Gasteiger partial charge on any atom is 0.146 e. The van der Waals surface area contributed by atoms with E-state index < -0.39 is 0 Å². The van der Waals surface area contributed by atoms with Gasteiger partial charge in [0.1, 0.15) is 6.29 Å². The van der Waals surface area contributed by atoms with Crippen molar-refractivity contribution in [1.29, 1.82) is 0 Å². The molecule has 1 aliphatic rings. The summed E-state index contributed by atoms with van der Waals surface area (Å²) in [4.78, 5) is 11.3. The second-order valence-electron chi connectivity index (χ2n) is 8.40. The molecule has 0 saturated carbocycles. The normalized spacial score (nSPS) is 13.5. The quantitative estimate of drug-likeness (QED) is 0.234. The predicted molar refractivity (Wildman–Crippen MR) is 129 cm³/mol. The highest BCUT2D eigenvalue weighted by molar-refractivity contribution is 5.77. The molecule has 3 rings (SSSR count). The summed E-state index contributed by atoms with van der Waals surface area (Å²) in [6.45, 7) is 6.12. The van der Waals surface area contributed by atoms with Gasteiger partial charge in [-0.05, 0) is 36.8 Å². The Hall–Kier alpha value is -2.93. The van der Waals surface area contributed by atoms with Crippen LogP contribution in [0.15, 0.2) is 84.5 Å². The van der Waals surface area contributed by atoms with Gasteiger partial charge >= 0.3 is 0 Å². The molecule has 0 amide bonds. The number of benzene rings is 2. The summed E-state index contributed by atoms with van der Waals surface area (Å²) in [6.07, 6.45) is 6.99. The van der Waals surface area contributed by atoms with Crippen LogP contribution in [-0.2, 0) is 27.5 Å². The number of hydrogen-bond donors (Lipinski definition) is 0. The summed E-state index contributed by atoms with van der Waals surface area (Å²) in [7, 11) is 0. The fourth-order valence-corrected chi connectivity index (χ4v) is 3.94. The number of hydrogen-bond acceptors (Lipinski definition) is 3. The molecule has 0 N–H and O–H groups in total. The van der Waals surface area contributed by atoms with Gasteiger partial charge in [0, 0.05) is 23.0 Å². The van der Waals surface area contributed by atoms with E-state index in [1.807, 2.05) is 42.5 Å². The fourth-order valence-electron chi connectivity index (χ4n) is 3.94. The minimum absolute atomic E-state index is 0.293. The molecule has 0 heterocycles. The summed E-state index contributed by atoms with van der Waals surface area (Å²) < 4.78 is 12.3. The largest absolute Gasteiger partial charge is 0.376 e. The summed E-state index contributed by atoms with van der Waals surface area (Å²) in [5, 5.41) is 0. The van der Waals surface area contributed by atoms with Crippen molar-refractivity contribution in [3.8, 4) is 11.8 Å². The van der Waals surface area contributed by atoms with Gasteiger partial charge in [-0.15, -0.1) is 6.58 Å². The summed E-state index contributed by atoms with van der Waals surface area (Å²) >= 11 is 0. The monoisotopic (exact) mass is 428 g/mol. The lowest BCUT2D eigenvalue weighted by atomic mass is 9.82. The summed E-state index contributed by atoms with van der Waals surface area (Å²) in [6, 6.07) is 20.3. The molecule has 3 heteroatoms. The fraction of sp³-hybridized carbons (Fsp3) is 0.345. The Labute approximate surface area is 192 Å². The third kappa shape index (κ3) is 7.34. The average Bonchev–Trinajstić information content (AvgIpc) is 3.28. The number of ether oxygens (including phenoxy) is 2. The molecule has 0 unspecified atom stereocenters. The first-order valence-electron chi connectivity index (χ1n) is 11.2. The van der Waals surface area contributed by atoms with E-state index in [-0.39, 0.29) is 5.41 Å². The molecule has 166 valence electrons. The van der Waals surface area contributed by atoms with Crippen LogP contribution in [0.1, 0.15) is 43.2 Å². The number of carbonyl (C=O) groups is 1. The predicted octanol–water partition coefficient (Wildman–Crippen LogP) is 6.06. The Morgan fingerprint density at radius 3 is 2.03 bits per heavy atom. The van der Waals surface area contributed by atoms with Crippen LogP contribution in [-0.4, -0.2) is 19.5 Å². The smallest absolute Gasteiger partial charge is 0.146 e. The van der Waals surface area contributed by atoms with E-state index in [9.17, 15) is 4.79 Å². The highest BCUT2D eigenvalue weighted by atomic mass is 16.5. The van der Waals surface area contributed by atoms with E-state index in [0.717, 1.165) is 54.2 Å². The molecule has 2 aromatic rings. The van der Waals surface area contributed by atoms with Gasteiger partial charge < -0.3 is 9.47 Å². The molecule has 0 radical (unpaired) electrons. The van der Waals surface area contributed by atoms with Gasteiger partial charge in [-0.25, -0.2) is 0 Å². The average molecular weight is 429 g/mol. The Kier molecular flexibility index (Phi) is 9.50. The molecule has 0 aromatic heterocycles. The molecule has 2 aromatic carbocycles. The topological polar surface area (TPSA) is 35.5 Å². The van der Waals surface area contributed by atoms with E-state index in [1.165, 1.54) is 0 Å². The Morgan fingerprint density at radius 2 is 1.50 bits per heavy atom. The highest BCUT2D eigenvalue weighted by Crippen LogP contribution is 2.30. The molecule has 1 aliphatic carbocycles. The van der Waals surface area contributed by atoms with E-state index in [2.05, 4.69) is 42.7 Å². The first kappa shape index (κ1) is 23.7. The maximum atomic E-state index is 11.3. The molecule has 0 saturated heterocycles. The van der Waals surface area contributed by atoms with Crippen molar-refractivity contribution < 1.29 is 14.3 Å². The van der Waals surface area contributed by atoms with E-state index in [4.69, 9.17) is 9.47 Å². The molecule has 0 bridgehead atoms. The third-order valence-electron chi connectivity index (χ3n) is 5.72. The molecule has 32 heavy (non-hydrogen) atoms. The number of aldehydes is 1. The van der Waals surface area contributed by atoms with Crippen molar-refractivity contribution in [2.75, 3.05) is 13.2 Å². The van der Waals surface area contributed by atoms with Gasteiger partial charge in [0.2, 0.25) is 0 Å². The van der Waals surface area contributed by atoms with Crippen LogP contribution in [0.25, 0.3) is 0 Å². The van der Waals surface area contributed by atoms with Crippen LogP contribution in [0, 0.1) is 17.3 Å². The van der Waals surface area contributed by atoms with Gasteiger partial charge in [-0.2, -0.15) is 0 Å². The Morgan fingerprint density at radius 1 is 0.906 bits per heavy atom. The Balaban J connectivity index is 1.69. The molecule has 0 atom stereocenters.